The van der Waals surface area contributed by atoms with Crippen LogP contribution in [0.4, 0.5) is 0 Å². The van der Waals surface area contributed by atoms with Gasteiger partial charge in [-0.2, -0.15) is 17.5 Å². The molecule has 0 aliphatic heterocycles. The van der Waals surface area contributed by atoms with Crippen molar-refractivity contribution >= 4 is 10.8 Å². The van der Waals surface area contributed by atoms with E-state index in [2.05, 4.69) is 42.5 Å². The summed E-state index contributed by atoms with van der Waals surface area (Å²) in [5.41, 5.74) is 0. The van der Waals surface area contributed by atoms with Crippen molar-refractivity contribution in [3.8, 4) is 0 Å². The van der Waals surface area contributed by atoms with E-state index in [-0.39, 0.29) is 51.0 Å². The van der Waals surface area contributed by atoms with E-state index in [9.17, 15) is 0 Å². The first-order chi connectivity index (χ1) is 4.47. The molecule has 0 fully saturated rings. The number of benzene rings is 1. The van der Waals surface area contributed by atoms with Crippen LogP contribution in [0.5, 0.6) is 0 Å². The molecular formula is C9H7Cl2Zr. The molecule has 2 aromatic carbocycles. The molecule has 0 bridgehead atoms. The van der Waals surface area contributed by atoms with Gasteiger partial charge in [-0.25, -0.2) is 0 Å². The molecular weight excluding hydrogens is 270 g/mol. The Morgan fingerprint density at radius 2 is 1.58 bits per heavy atom. The Bertz CT molecular complexity index is 287. The van der Waals surface area contributed by atoms with Gasteiger partial charge in [-0.1, -0.05) is 6.07 Å². The zero-order valence-electron chi connectivity index (χ0n) is 6.30. The second-order valence-corrected chi connectivity index (χ2v) is 2.15. The van der Waals surface area contributed by atoms with E-state index >= 15 is 0 Å². The predicted octanol–water partition coefficient (Wildman–Crippen LogP) is -3.44. The van der Waals surface area contributed by atoms with Gasteiger partial charge in [0.05, 0.1) is 0 Å². The Morgan fingerprint density at radius 1 is 0.917 bits per heavy atom. The van der Waals surface area contributed by atoms with Crippen LogP contribution >= 0.6 is 0 Å². The number of hydrogen-bond donors (Lipinski definition) is 0. The minimum Gasteiger partial charge on any atom is -1.00 e. The zero-order valence-corrected chi connectivity index (χ0v) is 10.3. The summed E-state index contributed by atoms with van der Waals surface area (Å²) in [5.74, 6) is 0. The Labute approximate surface area is 104 Å². The molecule has 1 radical (unpaired) electrons. The standard InChI is InChI=1S/C9H7.2ClH.Zr/c1-2-5-9-7-3-6-8(9)4-1;;;/h1-7H;2*1H;/q-1;;;+3/p-2. The number of halogens is 2. The van der Waals surface area contributed by atoms with Gasteiger partial charge >= 0.3 is 26.2 Å². The molecule has 0 heterocycles. The van der Waals surface area contributed by atoms with Crippen molar-refractivity contribution in [2.45, 2.75) is 0 Å². The molecule has 12 heavy (non-hydrogen) atoms. The number of hydrogen-bond acceptors (Lipinski definition) is 0. The van der Waals surface area contributed by atoms with Crippen LogP contribution in [0, 0.1) is 0 Å². The van der Waals surface area contributed by atoms with E-state index in [0.717, 1.165) is 0 Å². The largest absolute Gasteiger partial charge is 3.00 e. The molecule has 0 nitrogen and oxygen atoms in total. The monoisotopic (exact) mass is 275 g/mol. The van der Waals surface area contributed by atoms with Crippen LogP contribution in [0.1, 0.15) is 0 Å². The molecule has 0 unspecified atom stereocenters. The molecule has 0 spiro atoms. The molecule has 0 saturated carbocycles. The van der Waals surface area contributed by atoms with E-state index in [4.69, 9.17) is 0 Å². The number of rotatable bonds is 0. The van der Waals surface area contributed by atoms with Gasteiger partial charge in [0.2, 0.25) is 0 Å². The Morgan fingerprint density at radius 3 is 2.25 bits per heavy atom. The molecule has 0 atom stereocenters. The third kappa shape index (κ3) is 2.97. The van der Waals surface area contributed by atoms with Gasteiger partial charge in [-0.05, 0) is 0 Å². The average Bonchev–Trinajstić information content (AvgIpc) is 2.33. The maximum absolute atomic E-state index is 2.12. The van der Waals surface area contributed by atoms with Crippen LogP contribution in [-0.2, 0) is 26.2 Å². The van der Waals surface area contributed by atoms with Gasteiger partial charge in [-0.3, -0.25) is 0 Å². The van der Waals surface area contributed by atoms with Gasteiger partial charge in [0, 0.05) is 0 Å². The van der Waals surface area contributed by atoms with Crippen molar-refractivity contribution in [1.82, 2.24) is 0 Å². The fraction of sp³-hybridized carbons (Fsp3) is 0. The third-order valence-corrected chi connectivity index (χ3v) is 1.55. The number of fused-ring (bicyclic) bond motifs is 1. The normalized spacial score (nSPS) is 7.67. The summed E-state index contributed by atoms with van der Waals surface area (Å²) in [5, 5.41) is 2.66. The Balaban J connectivity index is 0. The van der Waals surface area contributed by atoms with Crippen LogP contribution in [-0.4, -0.2) is 0 Å². The van der Waals surface area contributed by atoms with Crippen molar-refractivity contribution in [2.75, 3.05) is 0 Å². The average molecular weight is 277 g/mol. The maximum Gasteiger partial charge on any atom is 3.00 e. The van der Waals surface area contributed by atoms with Crippen LogP contribution < -0.4 is 24.8 Å². The van der Waals surface area contributed by atoms with Crippen LogP contribution in [0.2, 0.25) is 0 Å². The summed E-state index contributed by atoms with van der Waals surface area (Å²) in [4.78, 5) is 0. The van der Waals surface area contributed by atoms with Gasteiger partial charge in [0.1, 0.15) is 0 Å². The van der Waals surface area contributed by atoms with Crippen molar-refractivity contribution < 1.29 is 51.0 Å². The second-order valence-electron chi connectivity index (χ2n) is 2.15. The molecule has 2 aromatic rings. The van der Waals surface area contributed by atoms with E-state index in [1.165, 1.54) is 10.8 Å². The molecule has 2 rings (SSSR count). The summed E-state index contributed by atoms with van der Waals surface area (Å²) >= 11 is 0. The quantitative estimate of drug-likeness (QED) is 0.440. The van der Waals surface area contributed by atoms with E-state index in [1.807, 2.05) is 0 Å². The Kier molecular flexibility index (Phi) is 8.35. The fourth-order valence-electron chi connectivity index (χ4n) is 1.07. The zero-order chi connectivity index (χ0) is 6.10. The van der Waals surface area contributed by atoms with Crippen LogP contribution in [0.3, 0.4) is 0 Å². The Hall–Kier alpha value is 0.293. The van der Waals surface area contributed by atoms with Gasteiger partial charge in [-0.15, -0.1) is 29.7 Å². The summed E-state index contributed by atoms with van der Waals surface area (Å²) in [7, 11) is 0. The molecule has 0 aliphatic carbocycles. The summed E-state index contributed by atoms with van der Waals surface area (Å²) in [6.45, 7) is 0. The van der Waals surface area contributed by atoms with Crippen molar-refractivity contribution in [2.24, 2.45) is 0 Å². The third-order valence-electron chi connectivity index (χ3n) is 1.55. The van der Waals surface area contributed by atoms with Crippen molar-refractivity contribution in [3.63, 3.8) is 0 Å². The van der Waals surface area contributed by atoms with Crippen molar-refractivity contribution in [1.29, 1.82) is 0 Å². The molecule has 0 saturated heterocycles. The van der Waals surface area contributed by atoms with E-state index in [1.54, 1.807) is 0 Å². The maximum atomic E-state index is 2.12. The molecule has 0 N–H and O–H groups in total. The van der Waals surface area contributed by atoms with Gasteiger partial charge < -0.3 is 24.8 Å². The van der Waals surface area contributed by atoms with Crippen molar-refractivity contribution in [3.05, 3.63) is 42.5 Å². The first-order valence-electron chi connectivity index (χ1n) is 3.07. The van der Waals surface area contributed by atoms with Crippen LogP contribution in [0.25, 0.3) is 10.8 Å². The predicted molar refractivity (Wildman–Crippen MR) is 39.5 cm³/mol. The SMILES string of the molecule is [Cl-].[Cl-].[Zr+3].c1ccc2[cH-]ccc2c1. The van der Waals surface area contributed by atoms with E-state index < -0.39 is 0 Å². The fourth-order valence-corrected chi connectivity index (χ4v) is 1.07. The molecule has 0 aromatic heterocycles. The summed E-state index contributed by atoms with van der Waals surface area (Å²) < 4.78 is 0. The summed E-state index contributed by atoms with van der Waals surface area (Å²) in [6.07, 6.45) is 0. The molecule has 3 heteroatoms. The molecule has 61 valence electrons. The van der Waals surface area contributed by atoms with E-state index in [0.29, 0.717) is 0 Å². The topological polar surface area (TPSA) is 0 Å². The van der Waals surface area contributed by atoms with Gasteiger partial charge in [0.25, 0.3) is 0 Å². The first-order valence-corrected chi connectivity index (χ1v) is 3.07. The van der Waals surface area contributed by atoms with Gasteiger partial charge in [0.15, 0.2) is 0 Å². The molecule has 0 amide bonds. The smallest absolute Gasteiger partial charge is 1.00 e. The second kappa shape index (κ2) is 6.77. The minimum absolute atomic E-state index is 0. The van der Waals surface area contributed by atoms with Crippen LogP contribution in [0.15, 0.2) is 42.5 Å². The summed E-state index contributed by atoms with van der Waals surface area (Å²) in [6, 6.07) is 14.7. The molecule has 0 aliphatic rings. The first kappa shape index (κ1) is 14.8. The minimum atomic E-state index is 0.